The van der Waals surface area contributed by atoms with Crippen LogP contribution in [0.15, 0.2) is 0 Å². The third-order valence-electron chi connectivity index (χ3n) is 4.79. The van der Waals surface area contributed by atoms with Crippen LogP contribution in [0.5, 0.6) is 0 Å². The molecule has 0 saturated heterocycles. The molecule has 0 radical (unpaired) electrons. The van der Waals surface area contributed by atoms with Gasteiger partial charge in [-0.25, -0.2) is 0 Å². The molecule has 0 aromatic carbocycles. The highest BCUT2D eigenvalue weighted by molar-refractivity contribution is 4.88. The van der Waals surface area contributed by atoms with E-state index in [-0.39, 0.29) is 5.54 Å². The van der Waals surface area contributed by atoms with Crippen molar-refractivity contribution in [2.75, 3.05) is 13.1 Å². The molecule has 0 atom stereocenters. The summed E-state index contributed by atoms with van der Waals surface area (Å²) in [6.07, 6.45) is 7.63. The lowest BCUT2D eigenvalue weighted by Crippen LogP contribution is -2.45. The van der Waals surface area contributed by atoms with Crippen LogP contribution in [-0.4, -0.2) is 18.6 Å². The molecule has 3 N–H and O–H groups in total. The molecule has 1 aliphatic rings. The third kappa shape index (κ3) is 4.97. The van der Waals surface area contributed by atoms with E-state index in [0.717, 1.165) is 25.4 Å². The van der Waals surface area contributed by atoms with Gasteiger partial charge in [0.2, 0.25) is 0 Å². The first-order valence-electron chi connectivity index (χ1n) is 7.35. The molecule has 0 aromatic heterocycles. The van der Waals surface area contributed by atoms with Gasteiger partial charge < -0.3 is 11.1 Å². The van der Waals surface area contributed by atoms with Gasteiger partial charge in [0.1, 0.15) is 0 Å². The predicted molar refractivity (Wildman–Crippen MR) is 76.1 cm³/mol. The molecule has 1 saturated carbocycles. The molecule has 0 aromatic rings. The van der Waals surface area contributed by atoms with Gasteiger partial charge in [-0.1, -0.05) is 47.0 Å². The summed E-state index contributed by atoms with van der Waals surface area (Å²) in [5, 5.41) is 3.60. The second-order valence-corrected chi connectivity index (χ2v) is 6.99. The van der Waals surface area contributed by atoms with Crippen molar-refractivity contribution >= 4 is 0 Å². The largest absolute Gasteiger partial charge is 0.325 e. The highest BCUT2D eigenvalue weighted by Crippen LogP contribution is 2.28. The lowest BCUT2D eigenvalue weighted by molar-refractivity contribution is 0.226. The molecule has 0 bridgehead atoms. The first-order valence-corrected chi connectivity index (χ1v) is 7.35. The fourth-order valence-electron chi connectivity index (χ4n) is 2.46. The average molecular weight is 240 g/mol. The molecule has 0 spiro atoms. The van der Waals surface area contributed by atoms with Gasteiger partial charge in [-0.05, 0) is 37.1 Å². The molecule has 0 amide bonds. The summed E-state index contributed by atoms with van der Waals surface area (Å²) < 4.78 is 0. The van der Waals surface area contributed by atoms with Crippen LogP contribution in [-0.2, 0) is 0 Å². The topological polar surface area (TPSA) is 38.0 Å². The molecule has 2 nitrogen and oxygen atoms in total. The highest BCUT2D eigenvalue weighted by Gasteiger charge is 2.27. The monoisotopic (exact) mass is 240 g/mol. The van der Waals surface area contributed by atoms with Crippen LogP contribution in [0.2, 0.25) is 0 Å². The number of nitrogens with two attached hydrogens (primary N) is 1. The molecule has 102 valence electrons. The average Bonchev–Trinajstić information content (AvgIpc) is 2.25. The second-order valence-electron chi connectivity index (χ2n) is 6.99. The van der Waals surface area contributed by atoms with Gasteiger partial charge in [0.25, 0.3) is 0 Å². The number of hydrogen-bond acceptors (Lipinski definition) is 2. The number of hydrogen-bond donors (Lipinski definition) is 2. The Balaban J connectivity index is 2.19. The lowest BCUT2D eigenvalue weighted by Gasteiger charge is -2.34. The van der Waals surface area contributed by atoms with Crippen molar-refractivity contribution in [2.24, 2.45) is 17.1 Å². The maximum Gasteiger partial charge on any atom is 0.0166 e. The normalized spacial score (nSPS) is 20.8. The van der Waals surface area contributed by atoms with Crippen molar-refractivity contribution in [3.05, 3.63) is 0 Å². The second kappa shape index (κ2) is 6.19. The fourth-order valence-corrected chi connectivity index (χ4v) is 2.46. The first-order chi connectivity index (χ1) is 7.86. The Morgan fingerprint density at radius 3 is 2.29 bits per heavy atom. The van der Waals surface area contributed by atoms with Crippen molar-refractivity contribution < 1.29 is 0 Å². The van der Waals surface area contributed by atoms with Crippen molar-refractivity contribution in [3.63, 3.8) is 0 Å². The molecule has 1 rings (SSSR count). The van der Waals surface area contributed by atoms with Crippen molar-refractivity contribution in [1.29, 1.82) is 0 Å². The Bertz CT molecular complexity index is 215. The van der Waals surface area contributed by atoms with Crippen LogP contribution in [0.1, 0.15) is 66.2 Å². The van der Waals surface area contributed by atoms with Gasteiger partial charge in [-0.15, -0.1) is 0 Å². The van der Waals surface area contributed by atoms with Crippen molar-refractivity contribution in [3.8, 4) is 0 Å². The van der Waals surface area contributed by atoms with Crippen LogP contribution in [0.25, 0.3) is 0 Å². The Morgan fingerprint density at radius 2 is 1.76 bits per heavy atom. The van der Waals surface area contributed by atoms with E-state index in [1.54, 1.807) is 0 Å². The molecular weight excluding hydrogens is 208 g/mol. The number of rotatable bonds is 6. The standard InChI is InChI=1S/C15H32N2/c1-13(2)14(3,4)12-17-11-10-15(16)8-6-5-7-9-15/h13,17H,5-12,16H2,1-4H3. The van der Waals surface area contributed by atoms with E-state index in [1.165, 1.54) is 32.1 Å². The zero-order valence-corrected chi connectivity index (χ0v) is 12.3. The van der Waals surface area contributed by atoms with E-state index < -0.39 is 0 Å². The van der Waals surface area contributed by atoms with Gasteiger partial charge in [-0.2, -0.15) is 0 Å². The van der Waals surface area contributed by atoms with Crippen LogP contribution < -0.4 is 11.1 Å². The summed E-state index contributed by atoms with van der Waals surface area (Å²) in [7, 11) is 0. The molecule has 0 heterocycles. The highest BCUT2D eigenvalue weighted by atomic mass is 14.9. The third-order valence-corrected chi connectivity index (χ3v) is 4.79. The van der Waals surface area contributed by atoms with E-state index in [9.17, 15) is 0 Å². The van der Waals surface area contributed by atoms with E-state index in [2.05, 4.69) is 33.0 Å². The van der Waals surface area contributed by atoms with Gasteiger partial charge in [-0.3, -0.25) is 0 Å². The molecule has 0 unspecified atom stereocenters. The molecule has 2 heteroatoms. The number of nitrogens with one attached hydrogen (secondary N) is 1. The molecule has 1 fully saturated rings. The summed E-state index contributed by atoms with van der Waals surface area (Å²) in [5.74, 6) is 0.719. The quantitative estimate of drug-likeness (QED) is 0.699. The first kappa shape index (κ1) is 15.0. The molecular formula is C15H32N2. The van der Waals surface area contributed by atoms with Gasteiger partial charge >= 0.3 is 0 Å². The zero-order chi connectivity index (χ0) is 12.9. The molecule has 1 aliphatic carbocycles. The van der Waals surface area contributed by atoms with E-state index >= 15 is 0 Å². The Labute approximate surface area is 108 Å². The molecule has 17 heavy (non-hydrogen) atoms. The van der Waals surface area contributed by atoms with E-state index in [1.807, 2.05) is 0 Å². The summed E-state index contributed by atoms with van der Waals surface area (Å²) >= 11 is 0. The van der Waals surface area contributed by atoms with Crippen LogP contribution in [0, 0.1) is 11.3 Å². The lowest BCUT2D eigenvalue weighted by atomic mass is 9.79. The maximum atomic E-state index is 6.43. The fraction of sp³-hybridized carbons (Fsp3) is 1.00. The van der Waals surface area contributed by atoms with Crippen LogP contribution in [0.4, 0.5) is 0 Å². The SMILES string of the molecule is CC(C)C(C)(C)CNCCC1(N)CCCCC1. The minimum atomic E-state index is 0.132. The van der Waals surface area contributed by atoms with E-state index in [0.29, 0.717) is 5.41 Å². The summed E-state index contributed by atoms with van der Waals surface area (Å²) in [4.78, 5) is 0. The van der Waals surface area contributed by atoms with Crippen molar-refractivity contribution in [1.82, 2.24) is 5.32 Å². The Kier molecular flexibility index (Phi) is 5.46. The maximum absolute atomic E-state index is 6.43. The van der Waals surface area contributed by atoms with Crippen LogP contribution in [0.3, 0.4) is 0 Å². The zero-order valence-electron chi connectivity index (χ0n) is 12.3. The smallest absolute Gasteiger partial charge is 0.0166 e. The molecule has 0 aliphatic heterocycles. The van der Waals surface area contributed by atoms with Gasteiger partial charge in [0.05, 0.1) is 0 Å². The van der Waals surface area contributed by atoms with Gasteiger partial charge in [0, 0.05) is 12.1 Å². The summed E-state index contributed by atoms with van der Waals surface area (Å²) in [6.45, 7) is 11.4. The Hall–Kier alpha value is -0.0800. The summed E-state index contributed by atoms with van der Waals surface area (Å²) in [6, 6.07) is 0. The van der Waals surface area contributed by atoms with Crippen molar-refractivity contribution in [2.45, 2.75) is 71.8 Å². The van der Waals surface area contributed by atoms with Crippen LogP contribution >= 0.6 is 0 Å². The Morgan fingerprint density at radius 1 is 1.18 bits per heavy atom. The van der Waals surface area contributed by atoms with Gasteiger partial charge in [0.15, 0.2) is 0 Å². The minimum absolute atomic E-state index is 0.132. The predicted octanol–water partition coefficient (Wildman–Crippen LogP) is 3.31. The van der Waals surface area contributed by atoms with E-state index in [4.69, 9.17) is 5.73 Å². The minimum Gasteiger partial charge on any atom is -0.325 e. The summed E-state index contributed by atoms with van der Waals surface area (Å²) in [5.41, 5.74) is 6.94.